The highest BCUT2D eigenvalue weighted by Gasteiger charge is 2.93. The van der Waals surface area contributed by atoms with Gasteiger partial charge in [-0.1, -0.05) is 59.2 Å². The summed E-state index contributed by atoms with van der Waals surface area (Å²) in [7, 11) is 0. The lowest BCUT2D eigenvalue weighted by molar-refractivity contribution is -0.548. The van der Waals surface area contributed by atoms with Gasteiger partial charge in [-0.2, -0.15) is 0 Å². The lowest BCUT2D eigenvalue weighted by Gasteiger charge is -2.54. The summed E-state index contributed by atoms with van der Waals surface area (Å²) in [6, 6.07) is 0. The number of aliphatic hydroxyl groups is 1. The van der Waals surface area contributed by atoms with Gasteiger partial charge in [0.2, 0.25) is 0 Å². The second kappa shape index (κ2) is 19.0. The summed E-state index contributed by atoms with van der Waals surface area (Å²) in [5, 5.41) is 11.5. The van der Waals surface area contributed by atoms with Crippen molar-refractivity contribution in [2.24, 2.45) is 5.41 Å². The van der Waals surface area contributed by atoms with Gasteiger partial charge in [-0.15, -0.1) is 0 Å². The van der Waals surface area contributed by atoms with E-state index in [-0.39, 0.29) is 54.7 Å². The molecule has 0 radical (unpaired) electrons. The zero-order valence-corrected chi connectivity index (χ0v) is 26.6. The number of carbonyl (C=O) groups excluding carboxylic acids is 9. The highest BCUT2D eigenvalue weighted by molar-refractivity contribution is 5.89. The smallest absolute Gasteiger partial charge is 0.394 e. The Labute approximate surface area is 288 Å². The van der Waals surface area contributed by atoms with Crippen molar-refractivity contribution in [2.45, 2.75) is 17.9 Å². The zero-order valence-electron chi connectivity index (χ0n) is 26.6. The average Bonchev–Trinajstić information content (AvgIpc) is 3.10. The Hall–Kier alpha value is -7.15. The van der Waals surface area contributed by atoms with Crippen molar-refractivity contribution >= 4 is 53.7 Å². The van der Waals surface area contributed by atoms with E-state index < -0.39 is 83.7 Å². The van der Waals surface area contributed by atoms with E-state index in [1.807, 2.05) is 0 Å². The van der Waals surface area contributed by atoms with E-state index in [0.29, 0.717) is 0 Å². The molecule has 51 heavy (non-hydrogen) atoms. The average molecular weight is 719 g/mol. The normalized spacial score (nSPS) is 10.8. The van der Waals surface area contributed by atoms with Crippen LogP contribution in [-0.4, -0.2) is 83.4 Å². The molecule has 0 rings (SSSR count). The molecule has 0 aliphatic carbocycles. The molecule has 0 saturated heterocycles. The molecule has 0 atom stereocenters. The van der Waals surface area contributed by atoms with E-state index in [1.54, 1.807) is 0 Å². The molecule has 0 aliphatic heterocycles. The fourth-order valence-electron chi connectivity index (χ4n) is 3.39. The summed E-state index contributed by atoms with van der Waals surface area (Å²) in [5.41, 5.74) is -4.60. The molecule has 0 bridgehead atoms. The van der Waals surface area contributed by atoms with Crippen LogP contribution in [0.5, 0.6) is 0 Å². The Morgan fingerprint density at radius 2 is 0.451 bits per heavy atom. The maximum absolute atomic E-state index is 13.1. The largest absolute Gasteiger partial charge is 0.457 e. The van der Waals surface area contributed by atoms with E-state index in [0.717, 1.165) is 0 Å². The number of aliphatic hydroxyl groups excluding tert-OH is 1. The number of hydrogen-bond donors (Lipinski definition) is 1. The van der Waals surface area contributed by atoms with Crippen LogP contribution in [0.15, 0.2) is 114 Å². The molecule has 0 aromatic heterocycles. The molecule has 1 N–H and O–H groups in total. The van der Waals surface area contributed by atoms with Gasteiger partial charge in [-0.25, -0.2) is 43.2 Å². The molecule has 0 unspecified atom stereocenters. The third-order valence-corrected chi connectivity index (χ3v) is 5.42. The van der Waals surface area contributed by atoms with Gasteiger partial charge in [0.05, 0.1) is 6.61 Å². The minimum Gasteiger partial charge on any atom is -0.394 e. The zero-order chi connectivity index (χ0) is 39.6. The molecule has 0 aromatic carbocycles. The first-order valence-electron chi connectivity index (χ1n) is 13.2. The molecule has 0 aliphatic rings. The monoisotopic (exact) mass is 718 g/mol. The molecular weight excluding hydrogens is 688 g/mol. The number of ether oxygens (including phenoxy) is 9. The maximum atomic E-state index is 13.1. The van der Waals surface area contributed by atoms with E-state index >= 15 is 0 Å². The van der Waals surface area contributed by atoms with Crippen molar-refractivity contribution in [1.82, 2.24) is 0 Å². The van der Waals surface area contributed by atoms with Crippen molar-refractivity contribution < 1.29 is 90.9 Å². The van der Waals surface area contributed by atoms with Gasteiger partial charge < -0.3 is 47.7 Å². The first kappa shape index (κ1) is 43.9. The van der Waals surface area contributed by atoms with Crippen molar-refractivity contribution in [3.8, 4) is 0 Å². The van der Waals surface area contributed by atoms with E-state index in [2.05, 4.69) is 59.2 Å². The minimum absolute atomic E-state index is 0.242. The molecule has 19 heteroatoms. The second-order valence-electron chi connectivity index (χ2n) is 8.36. The van der Waals surface area contributed by atoms with Crippen LogP contribution >= 0.6 is 0 Å². The molecule has 0 amide bonds. The Morgan fingerprint density at radius 3 is 0.529 bits per heavy atom. The molecule has 0 saturated carbocycles. The number of esters is 9. The summed E-state index contributed by atoms with van der Waals surface area (Å²) in [4.78, 5) is 117. The van der Waals surface area contributed by atoms with Gasteiger partial charge in [0.15, 0.2) is 0 Å². The van der Waals surface area contributed by atoms with Crippen molar-refractivity contribution in [3.05, 3.63) is 114 Å². The molecule has 0 aromatic rings. The predicted octanol–water partition coefficient (Wildman–Crippen LogP) is 0.489. The van der Waals surface area contributed by atoms with Crippen LogP contribution in [-0.2, 0) is 85.8 Å². The standard InChI is InChI=1S/C32H30O19/c1-10-20(34)43-30(44-21(35)11-2,45-22(36)12-3)29(19-33,31(46-23(37)13-4,47-24(38)14-5)48-25(39)15-6)32(49-26(40)16-7,50-27(41)17-8)51-28(42)18-9/h10-18,33H,1-9,19H2. The fourth-order valence-corrected chi connectivity index (χ4v) is 3.39. The van der Waals surface area contributed by atoms with Crippen LogP contribution in [0, 0.1) is 5.41 Å². The Balaban J connectivity index is 10.2. The Kier molecular flexibility index (Phi) is 16.3. The van der Waals surface area contributed by atoms with Gasteiger partial charge in [-0.05, 0) is 0 Å². The lowest BCUT2D eigenvalue weighted by Crippen LogP contribution is -2.81. The van der Waals surface area contributed by atoms with E-state index in [9.17, 15) is 48.3 Å². The van der Waals surface area contributed by atoms with Crippen LogP contribution in [0.1, 0.15) is 0 Å². The summed E-state index contributed by atoms with van der Waals surface area (Å²) < 4.78 is 45.8. The topological polar surface area (TPSA) is 257 Å². The molecule has 0 fully saturated rings. The number of rotatable bonds is 22. The van der Waals surface area contributed by atoms with Crippen molar-refractivity contribution in [3.63, 3.8) is 0 Å². The molecule has 272 valence electrons. The van der Waals surface area contributed by atoms with Gasteiger partial charge >= 0.3 is 77.1 Å². The Bertz CT molecular complexity index is 1220. The maximum Gasteiger partial charge on any atom is 0.457 e. The summed E-state index contributed by atoms with van der Waals surface area (Å²) in [6.45, 7) is 25.4. The lowest BCUT2D eigenvalue weighted by atomic mass is 9.77. The molecular formula is C32H30O19. The Morgan fingerprint density at radius 1 is 0.333 bits per heavy atom. The van der Waals surface area contributed by atoms with Gasteiger partial charge in [0, 0.05) is 54.7 Å². The number of hydrogen-bond acceptors (Lipinski definition) is 19. The van der Waals surface area contributed by atoms with Crippen molar-refractivity contribution in [2.75, 3.05) is 6.61 Å². The van der Waals surface area contributed by atoms with E-state index in [4.69, 9.17) is 42.6 Å². The SMILES string of the molecule is C=CC(=O)OC(OC(=O)C=C)(OC(=O)C=C)C(CO)(C(OC(=O)C=C)(OC(=O)C=C)OC(=O)C=C)C(OC(=O)C=C)(OC(=O)C=C)OC(=O)C=C. The summed E-state index contributed by atoms with van der Waals surface area (Å²) in [5.74, 6) is -30.8. The second-order valence-corrected chi connectivity index (χ2v) is 8.36. The molecule has 0 spiro atoms. The first-order valence-corrected chi connectivity index (χ1v) is 13.2. The quantitative estimate of drug-likeness (QED) is 0.0691. The van der Waals surface area contributed by atoms with Crippen LogP contribution in [0.25, 0.3) is 0 Å². The third kappa shape index (κ3) is 9.70. The minimum atomic E-state index is -4.60. The van der Waals surface area contributed by atoms with Gasteiger partial charge in [-0.3, -0.25) is 0 Å². The molecule has 19 nitrogen and oxygen atoms in total. The van der Waals surface area contributed by atoms with Crippen LogP contribution in [0.3, 0.4) is 0 Å². The van der Waals surface area contributed by atoms with Crippen LogP contribution in [0.4, 0.5) is 0 Å². The summed E-state index contributed by atoms with van der Waals surface area (Å²) in [6.07, 6.45) is 2.18. The third-order valence-electron chi connectivity index (χ3n) is 5.42. The van der Waals surface area contributed by atoms with Crippen LogP contribution in [0.2, 0.25) is 0 Å². The van der Waals surface area contributed by atoms with Crippen molar-refractivity contribution in [1.29, 1.82) is 0 Å². The predicted molar refractivity (Wildman–Crippen MR) is 164 cm³/mol. The molecule has 0 heterocycles. The van der Waals surface area contributed by atoms with Crippen LogP contribution < -0.4 is 0 Å². The number of carbonyl (C=O) groups is 9. The van der Waals surface area contributed by atoms with E-state index in [1.165, 1.54) is 0 Å². The fraction of sp³-hybridized carbons (Fsp3) is 0.156. The van der Waals surface area contributed by atoms with Gasteiger partial charge in [0.1, 0.15) is 0 Å². The first-order chi connectivity index (χ1) is 23.9. The highest BCUT2D eigenvalue weighted by atomic mass is 17.0. The van der Waals surface area contributed by atoms with Gasteiger partial charge in [0.25, 0.3) is 0 Å². The summed E-state index contributed by atoms with van der Waals surface area (Å²) >= 11 is 0. The highest BCUT2D eigenvalue weighted by Crippen LogP contribution is 2.58.